The van der Waals surface area contributed by atoms with Crippen LogP contribution in [0.4, 0.5) is 5.69 Å². The van der Waals surface area contributed by atoms with Crippen molar-refractivity contribution >= 4 is 42.3 Å². The number of carbonyl (C=O) groups excluding carboxylic acids is 1. The minimum absolute atomic E-state index is 0.0640. The van der Waals surface area contributed by atoms with Crippen molar-refractivity contribution in [2.75, 3.05) is 0 Å². The topological polar surface area (TPSA) is 69.4 Å². The SMILES string of the molecule is C#CC(C)(OC(=O)c1ccc(-[s+]2c3ccccc3c3ccccc32)cc1)c1ccc([N+](=O)[O-])cc1. The number of nitro groups is 1. The first-order valence-corrected chi connectivity index (χ1v) is 12.1. The molecule has 0 aliphatic rings. The molecule has 4 aromatic carbocycles. The van der Waals surface area contributed by atoms with E-state index >= 15 is 0 Å². The Hall–Kier alpha value is -4.47. The maximum absolute atomic E-state index is 13.0. The molecule has 5 aromatic rings. The van der Waals surface area contributed by atoms with Gasteiger partial charge in [0.15, 0.2) is 19.9 Å². The number of esters is 1. The summed E-state index contributed by atoms with van der Waals surface area (Å²) < 4.78 is 8.23. The molecule has 1 aromatic heterocycles. The number of ether oxygens (including phenoxy) is 1. The number of nitrogens with zero attached hydrogens (tertiary/aromatic N) is 1. The van der Waals surface area contributed by atoms with Crippen LogP contribution in [-0.2, 0) is 10.3 Å². The molecule has 0 radical (unpaired) electrons. The molecule has 1 heterocycles. The summed E-state index contributed by atoms with van der Waals surface area (Å²) in [5.41, 5.74) is -0.570. The van der Waals surface area contributed by atoms with Crippen LogP contribution >= 0.6 is 10.5 Å². The Bertz CT molecular complexity index is 1580. The molecule has 5 nitrogen and oxygen atoms in total. The molecular formula is C29H20NO4S+. The molecule has 170 valence electrons. The van der Waals surface area contributed by atoms with Crippen LogP contribution in [0.3, 0.4) is 0 Å². The third-order valence-corrected chi connectivity index (χ3v) is 8.37. The van der Waals surface area contributed by atoms with Crippen LogP contribution in [0.25, 0.3) is 25.1 Å². The molecule has 0 saturated heterocycles. The van der Waals surface area contributed by atoms with E-state index < -0.39 is 16.5 Å². The molecule has 0 amide bonds. The van der Waals surface area contributed by atoms with E-state index in [1.807, 2.05) is 12.1 Å². The van der Waals surface area contributed by atoms with Crippen molar-refractivity contribution in [1.29, 1.82) is 0 Å². The van der Waals surface area contributed by atoms with Gasteiger partial charge >= 0.3 is 5.97 Å². The summed E-state index contributed by atoms with van der Waals surface area (Å²) in [6.45, 7) is 1.59. The summed E-state index contributed by atoms with van der Waals surface area (Å²) in [6, 6.07) is 29.9. The lowest BCUT2D eigenvalue weighted by Crippen LogP contribution is -2.27. The molecule has 0 bridgehead atoms. The smallest absolute Gasteiger partial charge is 0.339 e. The van der Waals surface area contributed by atoms with Crippen LogP contribution in [-0.4, -0.2) is 10.9 Å². The van der Waals surface area contributed by atoms with Crippen molar-refractivity contribution < 1.29 is 14.5 Å². The number of hydrogen-bond acceptors (Lipinski definition) is 4. The Morgan fingerprint density at radius 3 is 1.94 bits per heavy atom. The maximum atomic E-state index is 13.0. The van der Waals surface area contributed by atoms with E-state index in [9.17, 15) is 14.9 Å². The Kier molecular flexibility index (Phi) is 5.56. The number of terminal acetylenes is 1. The highest BCUT2D eigenvalue weighted by molar-refractivity contribution is 7.50. The lowest BCUT2D eigenvalue weighted by molar-refractivity contribution is -0.384. The van der Waals surface area contributed by atoms with Gasteiger partial charge in [0, 0.05) is 38.9 Å². The number of hydrogen-bond donors (Lipinski definition) is 0. The molecule has 1 atom stereocenters. The number of nitro benzene ring substituents is 1. The molecule has 5 rings (SSSR count). The lowest BCUT2D eigenvalue weighted by Gasteiger charge is -2.24. The highest BCUT2D eigenvalue weighted by Crippen LogP contribution is 2.48. The van der Waals surface area contributed by atoms with Gasteiger partial charge in [0.2, 0.25) is 0 Å². The first-order chi connectivity index (χ1) is 16.9. The van der Waals surface area contributed by atoms with Crippen LogP contribution in [0, 0.1) is 22.5 Å². The Morgan fingerprint density at radius 1 is 0.886 bits per heavy atom. The summed E-state index contributed by atoms with van der Waals surface area (Å²) in [7, 11) is -0.258. The highest BCUT2D eigenvalue weighted by atomic mass is 32.2. The molecule has 0 N–H and O–H groups in total. The fourth-order valence-electron chi connectivity index (χ4n) is 4.15. The highest BCUT2D eigenvalue weighted by Gasteiger charge is 2.30. The van der Waals surface area contributed by atoms with Crippen molar-refractivity contribution in [2.45, 2.75) is 12.5 Å². The van der Waals surface area contributed by atoms with E-state index in [4.69, 9.17) is 11.2 Å². The third kappa shape index (κ3) is 3.92. The molecule has 35 heavy (non-hydrogen) atoms. The molecule has 0 fully saturated rings. The van der Waals surface area contributed by atoms with Gasteiger partial charge in [-0.25, -0.2) is 4.79 Å². The van der Waals surface area contributed by atoms with Crippen LogP contribution in [0.15, 0.2) is 97.1 Å². The van der Waals surface area contributed by atoms with E-state index in [-0.39, 0.29) is 16.2 Å². The summed E-state index contributed by atoms with van der Waals surface area (Å²) in [4.78, 5) is 24.5. The van der Waals surface area contributed by atoms with Crippen LogP contribution in [0.5, 0.6) is 0 Å². The molecule has 6 heteroatoms. The van der Waals surface area contributed by atoms with E-state index in [1.165, 1.54) is 44.4 Å². The second-order valence-electron chi connectivity index (χ2n) is 8.19. The molecule has 0 saturated carbocycles. The van der Waals surface area contributed by atoms with Gasteiger partial charge in [-0.1, -0.05) is 30.2 Å². The predicted molar refractivity (Wildman–Crippen MR) is 140 cm³/mol. The number of non-ortho nitro benzene ring substituents is 1. The minimum atomic E-state index is -1.37. The van der Waals surface area contributed by atoms with Gasteiger partial charge in [-0.2, -0.15) is 0 Å². The normalized spacial score (nSPS) is 12.7. The van der Waals surface area contributed by atoms with Crippen LogP contribution in [0.1, 0.15) is 22.8 Å². The number of fused-ring (bicyclic) bond motifs is 3. The van der Waals surface area contributed by atoms with E-state index in [0.717, 1.165) is 4.90 Å². The van der Waals surface area contributed by atoms with Gasteiger partial charge in [0.25, 0.3) is 5.69 Å². The average Bonchev–Trinajstić information content (AvgIpc) is 3.23. The van der Waals surface area contributed by atoms with Gasteiger partial charge in [-0.05, 0) is 67.6 Å². The third-order valence-electron chi connectivity index (χ3n) is 6.03. The summed E-state index contributed by atoms with van der Waals surface area (Å²) in [5.74, 6) is 1.95. The van der Waals surface area contributed by atoms with Crippen molar-refractivity contribution in [1.82, 2.24) is 0 Å². The molecule has 0 aliphatic carbocycles. The lowest BCUT2D eigenvalue weighted by atomic mass is 9.96. The van der Waals surface area contributed by atoms with Crippen LogP contribution in [0.2, 0.25) is 0 Å². The number of benzene rings is 4. The van der Waals surface area contributed by atoms with Gasteiger partial charge < -0.3 is 4.74 Å². The summed E-state index contributed by atoms with van der Waals surface area (Å²) in [6.07, 6.45) is 5.70. The largest absolute Gasteiger partial charge is 0.438 e. The van der Waals surface area contributed by atoms with Gasteiger partial charge in [0.1, 0.15) is 0 Å². The average molecular weight is 479 g/mol. The molecule has 1 unspecified atom stereocenters. The zero-order chi connectivity index (χ0) is 24.6. The summed E-state index contributed by atoms with van der Waals surface area (Å²) in [5, 5.41) is 13.4. The van der Waals surface area contributed by atoms with Gasteiger partial charge in [0.05, 0.1) is 10.5 Å². The molecule has 0 spiro atoms. The fourth-order valence-corrected chi connectivity index (χ4v) is 6.53. The monoisotopic (exact) mass is 478 g/mol. The van der Waals surface area contributed by atoms with Crippen LogP contribution < -0.4 is 0 Å². The second kappa shape index (κ2) is 8.71. The van der Waals surface area contributed by atoms with E-state index in [0.29, 0.717) is 11.1 Å². The second-order valence-corrected chi connectivity index (χ2v) is 10.2. The van der Waals surface area contributed by atoms with Crippen molar-refractivity contribution in [3.05, 3.63) is 118 Å². The number of carbonyl (C=O) groups is 1. The molecular weight excluding hydrogens is 458 g/mol. The fraction of sp³-hybridized carbons (Fsp3) is 0.0690. The van der Waals surface area contributed by atoms with E-state index in [2.05, 4.69) is 54.5 Å². The minimum Gasteiger partial charge on any atom is -0.438 e. The molecule has 0 aliphatic heterocycles. The zero-order valence-corrected chi connectivity index (χ0v) is 19.6. The maximum Gasteiger partial charge on any atom is 0.339 e. The van der Waals surface area contributed by atoms with E-state index in [1.54, 1.807) is 19.1 Å². The Morgan fingerprint density at radius 2 is 1.43 bits per heavy atom. The quantitative estimate of drug-likeness (QED) is 0.0871. The standard InChI is InChI=1S/C29H20NO4S/c1-3-29(2,21-14-16-22(17-15-21)30(32)33)34-28(31)20-12-18-23(19-13-20)35-26-10-6-4-8-24(26)25-9-5-7-11-27(25)35/h1,4-19H,2H3/q+1. The first-order valence-electron chi connectivity index (χ1n) is 10.9. The Labute approximate surface area is 204 Å². The van der Waals surface area contributed by atoms with Crippen molar-refractivity contribution in [3.8, 4) is 17.2 Å². The number of rotatable bonds is 5. The zero-order valence-electron chi connectivity index (χ0n) is 18.8. The summed E-state index contributed by atoms with van der Waals surface area (Å²) >= 11 is 0. The van der Waals surface area contributed by atoms with Crippen molar-refractivity contribution in [2.24, 2.45) is 0 Å². The Balaban J connectivity index is 1.45. The predicted octanol–water partition coefficient (Wildman–Crippen LogP) is 7.34. The van der Waals surface area contributed by atoms with Crippen molar-refractivity contribution in [3.63, 3.8) is 0 Å². The first kappa shape index (κ1) is 22.3. The number of thiophene rings is 1. The van der Waals surface area contributed by atoms with Gasteiger partial charge in [-0.3, -0.25) is 10.1 Å². The van der Waals surface area contributed by atoms with Gasteiger partial charge in [-0.15, -0.1) is 6.42 Å².